The Labute approximate surface area is 72.2 Å². The van der Waals surface area contributed by atoms with Crippen molar-refractivity contribution in [3.05, 3.63) is 10.6 Å². The molecule has 0 unspecified atom stereocenters. The summed E-state index contributed by atoms with van der Waals surface area (Å²) in [5.74, 6) is -0.648. The number of rotatable bonds is 2. The number of nitrogen functional groups attached to an aromatic ring is 1. The molecule has 1 aromatic heterocycles. The van der Waals surface area contributed by atoms with Gasteiger partial charge in [0.05, 0.1) is 7.11 Å². The minimum atomic E-state index is -0.648. The molecule has 64 valence electrons. The van der Waals surface area contributed by atoms with Gasteiger partial charge in [-0.25, -0.2) is 9.78 Å². The SMILES string of the molecule is COC(=O)c1nc(N)sc1C=O. The molecule has 0 amide bonds. The second-order valence-corrected chi connectivity index (χ2v) is 2.94. The predicted octanol–water partition coefficient (Wildman–Crippen LogP) is 0.324. The number of esters is 1. The maximum absolute atomic E-state index is 10.9. The van der Waals surface area contributed by atoms with Crippen molar-refractivity contribution in [1.29, 1.82) is 0 Å². The fourth-order valence-electron chi connectivity index (χ4n) is 0.672. The molecule has 1 aromatic rings. The molecule has 0 fully saturated rings. The van der Waals surface area contributed by atoms with Crippen molar-refractivity contribution in [2.24, 2.45) is 0 Å². The molecule has 1 rings (SSSR count). The Morgan fingerprint density at radius 2 is 2.42 bits per heavy atom. The Morgan fingerprint density at radius 1 is 1.75 bits per heavy atom. The van der Waals surface area contributed by atoms with E-state index < -0.39 is 5.97 Å². The molecule has 0 spiro atoms. The largest absolute Gasteiger partial charge is 0.464 e. The second-order valence-electron chi connectivity index (χ2n) is 1.87. The zero-order chi connectivity index (χ0) is 9.14. The van der Waals surface area contributed by atoms with E-state index in [0.717, 1.165) is 11.3 Å². The lowest BCUT2D eigenvalue weighted by Gasteiger charge is -1.92. The third kappa shape index (κ3) is 1.42. The number of thiazole rings is 1. The summed E-state index contributed by atoms with van der Waals surface area (Å²) in [5, 5.41) is 0.178. The molecule has 5 nitrogen and oxygen atoms in total. The van der Waals surface area contributed by atoms with Crippen molar-refractivity contribution < 1.29 is 14.3 Å². The molecule has 12 heavy (non-hydrogen) atoms. The average Bonchev–Trinajstić information content (AvgIpc) is 2.45. The fourth-order valence-corrected chi connectivity index (χ4v) is 1.31. The molecule has 6 heteroatoms. The highest BCUT2D eigenvalue weighted by atomic mass is 32.1. The molecule has 0 saturated heterocycles. The van der Waals surface area contributed by atoms with Gasteiger partial charge >= 0.3 is 5.97 Å². The van der Waals surface area contributed by atoms with Crippen LogP contribution in [0.2, 0.25) is 0 Å². The number of hydrogen-bond donors (Lipinski definition) is 1. The van der Waals surface area contributed by atoms with Crippen LogP contribution in [0.3, 0.4) is 0 Å². The van der Waals surface area contributed by atoms with Crippen LogP contribution >= 0.6 is 11.3 Å². The smallest absolute Gasteiger partial charge is 0.358 e. The van der Waals surface area contributed by atoms with Crippen LogP contribution in [-0.2, 0) is 4.74 Å². The van der Waals surface area contributed by atoms with Gasteiger partial charge < -0.3 is 10.5 Å². The molecule has 0 radical (unpaired) electrons. The second kappa shape index (κ2) is 3.31. The van der Waals surface area contributed by atoms with E-state index in [-0.39, 0.29) is 15.7 Å². The number of nitrogens with zero attached hydrogens (tertiary/aromatic N) is 1. The summed E-state index contributed by atoms with van der Waals surface area (Å²) in [4.78, 5) is 25.1. The van der Waals surface area contributed by atoms with Crippen LogP contribution in [0.4, 0.5) is 5.13 Å². The third-order valence-electron chi connectivity index (χ3n) is 1.16. The van der Waals surface area contributed by atoms with E-state index in [4.69, 9.17) is 5.73 Å². The summed E-state index contributed by atoms with van der Waals surface area (Å²) in [6, 6.07) is 0. The number of carbonyl (C=O) groups is 2. The van der Waals surface area contributed by atoms with Gasteiger partial charge in [-0.15, -0.1) is 0 Å². The molecule has 1 heterocycles. The molecule has 2 N–H and O–H groups in total. The van der Waals surface area contributed by atoms with Gasteiger partial charge in [-0.3, -0.25) is 4.79 Å². The number of carbonyl (C=O) groups excluding carboxylic acids is 2. The number of aldehydes is 1. The van der Waals surface area contributed by atoms with Crippen LogP contribution in [-0.4, -0.2) is 24.3 Å². The first-order chi connectivity index (χ1) is 5.69. The summed E-state index contributed by atoms with van der Waals surface area (Å²) < 4.78 is 4.38. The molecular formula is C6H6N2O3S. The summed E-state index contributed by atoms with van der Waals surface area (Å²) in [5.41, 5.74) is 5.27. The van der Waals surface area contributed by atoms with E-state index in [9.17, 15) is 9.59 Å². The van der Waals surface area contributed by atoms with Gasteiger partial charge in [0.15, 0.2) is 17.1 Å². The summed E-state index contributed by atoms with van der Waals surface area (Å²) >= 11 is 0.956. The highest BCUT2D eigenvalue weighted by Crippen LogP contribution is 2.18. The average molecular weight is 186 g/mol. The van der Waals surface area contributed by atoms with Crippen molar-refractivity contribution in [2.45, 2.75) is 0 Å². The highest BCUT2D eigenvalue weighted by molar-refractivity contribution is 7.17. The molecular weight excluding hydrogens is 180 g/mol. The zero-order valence-corrected chi connectivity index (χ0v) is 7.05. The predicted molar refractivity (Wildman–Crippen MR) is 43.3 cm³/mol. The van der Waals surface area contributed by atoms with Crippen molar-refractivity contribution >= 4 is 28.7 Å². The quantitative estimate of drug-likeness (QED) is 0.531. The van der Waals surface area contributed by atoms with E-state index in [1.807, 2.05) is 0 Å². The third-order valence-corrected chi connectivity index (χ3v) is 1.97. The van der Waals surface area contributed by atoms with E-state index in [1.165, 1.54) is 7.11 Å². The van der Waals surface area contributed by atoms with Gasteiger partial charge in [-0.2, -0.15) is 0 Å². The number of methoxy groups -OCH3 is 1. The summed E-state index contributed by atoms with van der Waals surface area (Å²) in [6.07, 6.45) is 0.528. The highest BCUT2D eigenvalue weighted by Gasteiger charge is 2.16. The van der Waals surface area contributed by atoms with Gasteiger partial charge in [0.25, 0.3) is 0 Å². The molecule has 0 aliphatic rings. The maximum atomic E-state index is 10.9. The summed E-state index contributed by atoms with van der Waals surface area (Å²) in [7, 11) is 1.21. The lowest BCUT2D eigenvalue weighted by molar-refractivity contribution is 0.0593. The minimum absolute atomic E-state index is 0.0185. The molecule has 0 aliphatic heterocycles. The Balaban J connectivity index is 3.12. The van der Waals surface area contributed by atoms with Crippen LogP contribution in [0.15, 0.2) is 0 Å². The Kier molecular flexibility index (Phi) is 2.39. The molecule has 0 atom stereocenters. The molecule has 0 bridgehead atoms. The van der Waals surface area contributed by atoms with Crippen LogP contribution in [0.5, 0.6) is 0 Å². The molecule has 0 aromatic carbocycles. The van der Waals surface area contributed by atoms with Crippen molar-refractivity contribution in [3.8, 4) is 0 Å². The van der Waals surface area contributed by atoms with Gasteiger partial charge in [0, 0.05) is 0 Å². The topological polar surface area (TPSA) is 82.3 Å². The molecule has 0 saturated carbocycles. The zero-order valence-electron chi connectivity index (χ0n) is 6.23. The normalized spacial score (nSPS) is 9.42. The van der Waals surface area contributed by atoms with Gasteiger partial charge in [0.1, 0.15) is 4.88 Å². The fraction of sp³-hybridized carbons (Fsp3) is 0.167. The first kappa shape index (κ1) is 8.66. The lowest BCUT2D eigenvalue weighted by Crippen LogP contribution is -2.04. The monoisotopic (exact) mass is 186 g/mol. The van der Waals surface area contributed by atoms with E-state index in [0.29, 0.717) is 6.29 Å². The van der Waals surface area contributed by atoms with E-state index >= 15 is 0 Å². The first-order valence-corrected chi connectivity index (χ1v) is 3.80. The summed E-state index contributed by atoms with van der Waals surface area (Å²) in [6.45, 7) is 0. The number of anilines is 1. The van der Waals surface area contributed by atoms with E-state index in [1.54, 1.807) is 0 Å². The molecule has 0 aliphatic carbocycles. The van der Waals surface area contributed by atoms with Crippen molar-refractivity contribution in [1.82, 2.24) is 4.98 Å². The Morgan fingerprint density at radius 3 is 2.92 bits per heavy atom. The van der Waals surface area contributed by atoms with Gasteiger partial charge in [0.2, 0.25) is 0 Å². The van der Waals surface area contributed by atoms with Crippen LogP contribution in [0, 0.1) is 0 Å². The van der Waals surface area contributed by atoms with Crippen molar-refractivity contribution in [2.75, 3.05) is 12.8 Å². The van der Waals surface area contributed by atoms with Gasteiger partial charge in [-0.05, 0) is 0 Å². The van der Waals surface area contributed by atoms with Crippen LogP contribution in [0.1, 0.15) is 20.2 Å². The van der Waals surface area contributed by atoms with Gasteiger partial charge in [-0.1, -0.05) is 11.3 Å². The number of hydrogen-bond acceptors (Lipinski definition) is 6. The number of nitrogens with two attached hydrogens (primary N) is 1. The Hall–Kier alpha value is -1.43. The number of aromatic nitrogens is 1. The van der Waals surface area contributed by atoms with Crippen molar-refractivity contribution in [3.63, 3.8) is 0 Å². The van der Waals surface area contributed by atoms with Crippen LogP contribution in [0.25, 0.3) is 0 Å². The van der Waals surface area contributed by atoms with E-state index in [2.05, 4.69) is 9.72 Å². The lowest BCUT2D eigenvalue weighted by atomic mass is 10.4. The standard InChI is InChI=1S/C6H6N2O3S/c1-11-5(10)4-3(2-9)12-6(7)8-4/h2H,1H3,(H2,7,8). The van der Waals surface area contributed by atoms with Crippen LogP contribution < -0.4 is 5.73 Å². The number of ether oxygens (including phenoxy) is 1. The Bertz CT molecular complexity index is 321. The minimum Gasteiger partial charge on any atom is -0.464 e. The maximum Gasteiger partial charge on any atom is 0.358 e. The first-order valence-electron chi connectivity index (χ1n) is 2.99.